The lowest BCUT2D eigenvalue weighted by molar-refractivity contribution is 0.258. The number of aromatic nitrogens is 2. The normalized spacial score (nSPS) is 18.9. The van der Waals surface area contributed by atoms with E-state index in [0.717, 1.165) is 29.6 Å². The largest absolute Gasteiger partial charge is 0.236 e. The Morgan fingerprint density at radius 3 is 1.94 bits per heavy atom. The molecule has 1 aliphatic rings. The summed E-state index contributed by atoms with van der Waals surface area (Å²) in [6, 6.07) is 8.90. The third kappa shape index (κ3) is 8.39. The fraction of sp³-hybridized carbons (Fsp3) is 0.655. The van der Waals surface area contributed by atoms with E-state index < -0.39 is 0 Å². The predicted molar refractivity (Wildman–Crippen MR) is 133 cm³/mol. The summed E-state index contributed by atoms with van der Waals surface area (Å²) in [5, 5.41) is 0. The molecule has 0 atom stereocenters. The molecule has 0 amide bonds. The van der Waals surface area contributed by atoms with Crippen molar-refractivity contribution in [3.05, 3.63) is 47.8 Å². The lowest BCUT2D eigenvalue weighted by Gasteiger charge is -2.27. The van der Waals surface area contributed by atoms with Crippen LogP contribution in [0, 0.1) is 11.8 Å². The summed E-state index contributed by atoms with van der Waals surface area (Å²) in [5.41, 5.74) is 3.86. The number of hydrogen-bond acceptors (Lipinski definition) is 2. The topological polar surface area (TPSA) is 25.8 Å². The highest BCUT2D eigenvalue weighted by Gasteiger charge is 2.19. The summed E-state index contributed by atoms with van der Waals surface area (Å²) >= 11 is 0. The van der Waals surface area contributed by atoms with Gasteiger partial charge in [0.25, 0.3) is 0 Å². The van der Waals surface area contributed by atoms with Gasteiger partial charge in [0, 0.05) is 18.0 Å². The van der Waals surface area contributed by atoms with Gasteiger partial charge in [-0.05, 0) is 48.6 Å². The van der Waals surface area contributed by atoms with Crippen LogP contribution in [0.15, 0.2) is 36.7 Å². The summed E-state index contributed by atoms with van der Waals surface area (Å²) in [4.78, 5) is 9.34. The second-order valence-corrected chi connectivity index (χ2v) is 9.82. The zero-order valence-corrected chi connectivity index (χ0v) is 20.1. The second-order valence-electron chi connectivity index (χ2n) is 9.82. The van der Waals surface area contributed by atoms with Gasteiger partial charge in [-0.3, -0.25) is 0 Å². The van der Waals surface area contributed by atoms with Gasteiger partial charge in [-0.1, -0.05) is 109 Å². The van der Waals surface area contributed by atoms with E-state index >= 15 is 0 Å². The van der Waals surface area contributed by atoms with Gasteiger partial charge in [-0.2, -0.15) is 0 Å². The van der Waals surface area contributed by atoms with Gasteiger partial charge in [-0.15, -0.1) is 0 Å². The zero-order valence-electron chi connectivity index (χ0n) is 20.1. The van der Waals surface area contributed by atoms with E-state index in [1.54, 1.807) is 0 Å². The monoisotopic (exact) mass is 420 g/mol. The van der Waals surface area contributed by atoms with Crippen LogP contribution >= 0.6 is 0 Å². The molecule has 170 valence electrons. The van der Waals surface area contributed by atoms with Crippen LogP contribution in [0.2, 0.25) is 0 Å². The van der Waals surface area contributed by atoms with Crippen molar-refractivity contribution in [1.29, 1.82) is 0 Å². The minimum atomic E-state index is 0.856. The average molecular weight is 421 g/mol. The number of benzene rings is 1. The fourth-order valence-corrected chi connectivity index (χ4v) is 5.04. The standard InChI is InChI=1S/C29H44N2/c1-3-5-6-7-8-9-10-11-25-18-20-28(21-19-25)29-30-22-27(23-31-29)17-16-26-14-12-24(4-2)13-15-26/h18-24,26H,3-17H2,1-2H3/t24-,26-. The molecule has 0 unspecified atom stereocenters. The Bertz CT molecular complexity index is 711. The molecule has 2 nitrogen and oxygen atoms in total. The third-order valence-corrected chi connectivity index (χ3v) is 7.37. The molecule has 2 aromatic rings. The molecule has 0 N–H and O–H groups in total. The summed E-state index contributed by atoms with van der Waals surface area (Å²) in [6.45, 7) is 4.62. The maximum Gasteiger partial charge on any atom is 0.159 e. The molecule has 0 aliphatic heterocycles. The van der Waals surface area contributed by atoms with Crippen LogP contribution in [0.4, 0.5) is 0 Å². The Balaban J connectivity index is 1.38. The Morgan fingerprint density at radius 1 is 0.677 bits per heavy atom. The molecule has 31 heavy (non-hydrogen) atoms. The number of rotatable bonds is 13. The average Bonchev–Trinajstić information content (AvgIpc) is 2.83. The van der Waals surface area contributed by atoms with Crippen molar-refractivity contribution < 1.29 is 0 Å². The van der Waals surface area contributed by atoms with Gasteiger partial charge < -0.3 is 0 Å². The smallest absolute Gasteiger partial charge is 0.159 e. The van der Waals surface area contributed by atoms with Crippen LogP contribution in [0.5, 0.6) is 0 Å². The predicted octanol–water partition coefficient (Wildman–Crippen LogP) is 8.59. The summed E-state index contributed by atoms with van der Waals surface area (Å²) < 4.78 is 0. The molecule has 1 saturated carbocycles. The quantitative estimate of drug-likeness (QED) is 0.303. The molecule has 1 heterocycles. The highest BCUT2D eigenvalue weighted by molar-refractivity contribution is 5.55. The van der Waals surface area contributed by atoms with E-state index in [4.69, 9.17) is 0 Å². The van der Waals surface area contributed by atoms with Crippen molar-refractivity contribution in [3.63, 3.8) is 0 Å². The first-order valence-electron chi connectivity index (χ1n) is 13.2. The zero-order chi connectivity index (χ0) is 21.7. The molecule has 3 rings (SSSR count). The van der Waals surface area contributed by atoms with Crippen molar-refractivity contribution in [3.8, 4) is 11.4 Å². The van der Waals surface area contributed by atoms with Crippen molar-refractivity contribution in [2.24, 2.45) is 11.8 Å². The van der Waals surface area contributed by atoms with E-state index in [1.165, 1.54) is 101 Å². The van der Waals surface area contributed by atoms with Crippen molar-refractivity contribution >= 4 is 0 Å². The van der Waals surface area contributed by atoms with E-state index in [-0.39, 0.29) is 0 Å². The molecular formula is C29H44N2. The molecule has 0 saturated heterocycles. The lowest BCUT2D eigenvalue weighted by Crippen LogP contribution is -2.14. The number of hydrogen-bond donors (Lipinski definition) is 0. The van der Waals surface area contributed by atoms with Gasteiger partial charge in [0.2, 0.25) is 0 Å². The number of aryl methyl sites for hydroxylation is 2. The second kappa shape index (κ2) is 13.7. The Kier molecular flexibility index (Phi) is 10.6. The SMILES string of the molecule is CCCCCCCCCc1ccc(-c2ncc(CC[C@H]3CC[C@H](CC)CC3)cn2)cc1. The van der Waals surface area contributed by atoms with Crippen LogP contribution in [0.25, 0.3) is 11.4 Å². The molecule has 0 spiro atoms. The maximum atomic E-state index is 4.67. The third-order valence-electron chi connectivity index (χ3n) is 7.37. The van der Waals surface area contributed by atoms with Gasteiger partial charge in [0.15, 0.2) is 5.82 Å². The highest BCUT2D eigenvalue weighted by atomic mass is 14.9. The summed E-state index contributed by atoms with van der Waals surface area (Å²) in [7, 11) is 0. The van der Waals surface area contributed by atoms with Crippen LogP contribution < -0.4 is 0 Å². The molecule has 1 aromatic carbocycles. The van der Waals surface area contributed by atoms with E-state index in [2.05, 4.69) is 48.1 Å². The van der Waals surface area contributed by atoms with Crippen LogP contribution in [-0.4, -0.2) is 9.97 Å². The van der Waals surface area contributed by atoms with Gasteiger partial charge in [-0.25, -0.2) is 9.97 Å². The van der Waals surface area contributed by atoms with Gasteiger partial charge >= 0.3 is 0 Å². The van der Waals surface area contributed by atoms with E-state index in [9.17, 15) is 0 Å². The molecule has 0 bridgehead atoms. The number of unbranched alkanes of at least 4 members (excludes halogenated alkanes) is 6. The minimum Gasteiger partial charge on any atom is -0.236 e. The number of nitrogens with zero attached hydrogens (tertiary/aromatic N) is 2. The lowest BCUT2D eigenvalue weighted by atomic mass is 9.79. The molecule has 1 aromatic heterocycles. The van der Waals surface area contributed by atoms with Crippen LogP contribution in [0.3, 0.4) is 0 Å². The molecule has 1 fully saturated rings. The first-order valence-corrected chi connectivity index (χ1v) is 13.2. The van der Waals surface area contributed by atoms with Crippen molar-refractivity contribution in [2.45, 2.75) is 110 Å². The van der Waals surface area contributed by atoms with E-state index in [0.29, 0.717) is 0 Å². The summed E-state index contributed by atoms with van der Waals surface area (Å²) in [5.74, 6) is 2.75. The van der Waals surface area contributed by atoms with Crippen molar-refractivity contribution in [2.75, 3.05) is 0 Å². The molecule has 0 radical (unpaired) electrons. The minimum absolute atomic E-state index is 0.856. The van der Waals surface area contributed by atoms with Crippen LogP contribution in [0.1, 0.15) is 108 Å². The Morgan fingerprint density at radius 2 is 1.29 bits per heavy atom. The van der Waals surface area contributed by atoms with Gasteiger partial charge in [0.1, 0.15) is 0 Å². The summed E-state index contributed by atoms with van der Waals surface area (Å²) in [6.07, 6.45) is 24.4. The van der Waals surface area contributed by atoms with Crippen LogP contribution in [-0.2, 0) is 12.8 Å². The Hall–Kier alpha value is -1.70. The van der Waals surface area contributed by atoms with Gasteiger partial charge in [0.05, 0.1) is 0 Å². The molecular weight excluding hydrogens is 376 g/mol. The van der Waals surface area contributed by atoms with E-state index in [1.807, 2.05) is 12.4 Å². The first-order chi connectivity index (χ1) is 15.3. The first kappa shape index (κ1) is 24.0. The molecule has 1 aliphatic carbocycles. The highest BCUT2D eigenvalue weighted by Crippen LogP contribution is 2.33. The fourth-order valence-electron chi connectivity index (χ4n) is 5.04. The van der Waals surface area contributed by atoms with Crippen molar-refractivity contribution in [1.82, 2.24) is 9.97 Å². The molecule has 2 heteroatoms. The Labute approximate surface area is 191 Å². The maximum absolute atomic E-state index is 4.67.